The summed E-state index contributed by atoms with van der Waals surface area (Å²) < 4.78 is 4.69. The van der Waals surface area contributed by atoms with Gasteiger partial charge in [-0.2, -0.15) is 0 Å². The lowest BCUT2D eigenvalue weighted by molar-refractivity contribution is -0.150. The van der Waals surface area contributed by atoms with Crippen molar-refractivity contribution in [2.45, 2.75) is 25.7 Å². The Morgan fingerprint density at radius 1 is 1.53 bits per heavy atom. The number of aromatic amines is 1. The van der Waals surface area contributed by atoms with Gasteiger partial charge in [0, 0.05) is 18.9 Å². The molecule has 6 heteroatoms. The van der Waals surface area contributed by atoms with Crippen molar-refractivity contribution in [3.8, 4) is 0 Å². The minimum atomic E-state index is -0.175. The number of hydrogen-bond donors (Lipinski definition) is 2. The van der Waals surface area contributed by atoms with E-state index in [1.807, 2.05) is 0 Å². The van der Waals surface area contributed by atoms with E-state index in [4.69, 9.17) is 4.74 Å². The van der Waals surface area contributed by atoms with Crippen LogP contribution in [0.15, 0.2) is 12.4 Å². The van der Waals surface area contributed by atoms with Crippen LogP contribution in [0.4, 0.5) is 0 Å². The molecule has 1 saturated carbocycles. The molecule has 2 N–H and O–H groups in total. The number of imidazole rings is 1. The van der Waals surface area contributed by atoms with Crippen LogP contribution in [0.3, 0.4) is 0 Å². The van der Waals surface area contributed by atoms with Gasteiger partial charge in [-0.3, -0.25) is 9.59 Å². The molecular formula is C13H19N3O3. The third kappa shape index (κ3) is 3.56. The first-order valence-corrected chi connectivity index (χ1v) is 6.56. The van der Waals surface area contributed by atoms with Crippen molar-refractivity contribution < 1.29 is 14.3 Å². The molecule has 19 heavy (non-hydrogen) atoms. The van der Waals surface area contributed by atoms with Crippen LogP contribution < -0.4 is 5.32 Å². The number of ether oxygens (including phenoxy) is 1. The normalized spacial score (nSPS) is 21.5. The Balaban J connectivity index is 1.54. The highest BCUT2D eigenvalue weighted by atomic mass is 16.5. The number of methoxy groups -OCH3 is 1. The monoisotopic (exact) mass is 265 g/mol. The maximum Gasteiger partial charge on any atom is 0.308 e. The lowest BCUT2D eigenvalue weighted by atomic mass is 9.73. The second-order valence-electron chi connectivity index (χ2n) is 4.89. The lowest BCUT2D eigenvalue weighted by Gasteiger charge is -2.33. The molecule has 1 aliphatic carbocycles. The van der Waals surface area contributed by atoms with Gasteiger partial charge in [0.15, 0.2) is 5.82 Å². The zero-order valence-electron chi connectivity index (χ0n) is 11.0. The summed E-state index contributed by atoms with van der Waals surface area (Å²) in [6.45, 7) is 0.638. The van der Waals surface area contributed by atoms with E-state index < -0.39 is 0 Å². The molecule has 1 aromatic heterocycles. The van der Waals surface area contributed by atoms with Crippen molar-refractivity contribution in [2.24, 2.45) is 11.8 Å². The molecule has 6 nitrogen and oxygen atoms in total. The minimum Gasteiger partial charge on any atom is -0.469 e. The SMILES string of the molecule is COC(=O)C1CC(CCCNC(=O)c2ncc[nH]2)C1. The van der Waals surface area contributed by atoms with Crippen LogP contribution in [0, 0.1) is 11.8 Å². The molecule has 0 unspecified atom stereocenters. The summed E-state index contributed by atoms with van der Waals surface area (Å²) in [6.07, 6.45) is 6.96. The number of nitrogens with zero attached hydrogens (tertiary/aromatic N) is 1. The molecule has 104 valence electrons. The minimum absolute atomic E-state index is 0.0905. The number of nitrogens with one attached hydrogen (secondary N) is 2. The third-order valence-electron chi connectivity index (χ3n) is 3.56. The number of amides is 1. The molecule has 1 heterocycles. The predicted octanol–water partition coefficient (Wildman–Crippen LogP) is 1.12. The van der Waals surface area contributed by atoms with Crippen molar-refractivity contribution in [2.75, 3.05) is 13.7 Å². The summed E-state index contributed by atoms with van der Waals surface area (Å²) >= 11 is 0. The molecule has 2 rings (SSSR count). The zero-order valence-corrected chi connectivity index (χ0v) is 11.0. The van der Waals surface area contributed by atoms with Gasteiger partial charge in [-0.05, 0) is 31.6 Å². The number of aromatic nitrogens is 2. The van der Waals surface area contributed by atoms with E-state index in [1.165, 1.54) is 7.11 Å². The highest BCUT2D eigenvalue weighted by Gasteiger charge is 2.34. The van der Waals surface area contributed by atoms with Crippen LogP contribution in [0.5, 0.6) is 0 Å². The Labute approximate surface area is 111 Å². The molecule has 0 saturated heterocycles. The van der Waals surface area contributed by atoms with Crippen molar-refractivity contribution in [3.05, 3.63) is 18.2 Å². The predicted molar refractivity (Wildman–Crippen MR) is 68.4 cm³/mol. The van der Waals surface area contributed by atoms with Crippen LogP contribution in [-0.4, -0.2) is 35.5 Å². The van der Waals surface area contributed by atoms with Crippen molar-refractivity contribution >= 4 is 11.9 Å². The summed E-state index contributed by atoms with van der Waals surface area (Å²) in [5.41, 5.74) is 0. The molecule has 0 aliphatic heterocycles. The standard InChI is InChI=1S/C13H19N3O3/c1-19-13(18)10-7-9(8-10)3-2-4-16-12(17)11-14-5-6-15-11/h5-6,9-10H,2-4,7-8H2,1H3,(H,14,15)(H,16,17). The first-order valence-electron chi connectivity index (χ1n) is 6.56. The van der Waals surface area contributed by atoms with Gasteiger partial charge in [0.25, 0.3) is 5.91 Å². The summed E-state index contributed by atoms with van der Waals surface area (Å²) in [5, 5.41) is 2.81. The summed E-state index contributed by atoms with van der Waals surface area (Å²) in [7, 11) is 1.43. The highest BCUT2D eigenvalue weighted by Crippen LogP contribution is 2.37. The molecule has 0 bridgehead atoms. The van der Waals surface area contributed by atoms with Gasteiger partial charge in [0.2, 0.25) is 0 Å². The quantitative estimate of drug-likeness (QED) is 0.596. The van der Waals surface area contributed by atoms with Crippen LogP contribution in [0.25, 0.3) is 0 Å². The van der Waals surface area contributed by atoms with E-state index in [0.717, 1.165) is 25.7 Å². The Morgan fingerprint density at radius 3 is 2.95 bits per heavy atom. The number of H-pyrrole nitrogens is 1. The molecule has 1 amide bonds. The molecule has 1 aliphatic rings. The van der Waals surface area contributed by atoms with Crippen LogP contribution in [0.1, 0.15) is 36.3 Å². The van der Waals surface area contributed by atoms with E-state index in [0.29, 0.717) is 18.3 Å². The largest absolute Gasteiger partial charge is 0.469 e. The van der Waals surface area contributed by atoms with Gasteiger partial charge in [0.1, 0.15) is 0 Å². The van der Waals surface area contributed by atoms with E-state index in [1.54, 1.807) is 12.4 Å². The van der Waals surface area contributed by atoms with Gasteiger partial charge >= 0.3 is 5.97 Å². The average Bonchev–Trinajstić information content (AvgIpc) is 2.89. The number of esters is 1. The molecule has 0 aromatic carbocycles. The maximum atomic E-state index is 11.5. The Bertz CT molecular complexity index is 424. The summed E-state index contributed by atoms with van der Waals surface area (Å²) in [4.78, 5) is 29.4. The first kappa shape index (κ1) is 13.6. The van der Waals surface area contributed by atoms with Crippen LogP contribution >= 0.6 is 0 Å². The fourth-order valence-corrected chi connectivity index (χ4v) is 2.40. The third-order valence-corrected chi connectivity index (χ3v) is 3.56. The van der Waals surface area contributed by atoms with Gasteiger partial charge in [-0.15, -0.1) is 0 Å². The number of hydrogen-bond acceptors (Lipinski definition) is 4. The average molecular weight is 265 g/mol. The Hall–Kier alpha value is -1.85. The van der Waals surface area contributed by atoms with E-state index in [-0.39, 0.29) is 17.8 Å². The molecule has 0 atom stereocenters. The van der Waals surface area contributed by atoms with Crippen LogP contribution in [-0.2, 0) is 9.53 Å². The molecular weight excluding hydrogens is 246 g/mol. The zero-order chi connectivity index (χ0) is 13.7. The van der Waals surface area contributed by atoms with Crippen molar-refractivity contribution in [3.63, 3.8) is 0 Å². The number of carbonyl (C=O) groups is 2. The Kier molecular flexibility index (Phi) is 4.54. The summed E-state index contributed by atoms with van der Waals surface area (Å²) in [5.74, 6) is 0.750. The van der Waals surface area contributed by atoms with E-state index in [9.17, 15) is 9.59 Å². The molecule has 1 fully saturated rings. The highest BCUT2D eigenvalue weighted by molar-refractivity contribution is 5.90. The molecule has 0 spiro atoms. The topological polar surface area (TPSA) is 84.1 Å². The lowest BCUT2D eigenvalue weighted by Crippen LogP contribution is -2.32. The van der Waals surface area contributed by atoms with Crippen LogP contribution in [0.2, 0.25) is 0 Å². The van der Waals surface area contributed by atoms with Gasteiger partial charge in [-0.1, -0.05) is 0 Å². The van der Waals surface area contributed by atoms with E-state index in [2.05, 4.69) is 15.3 Å². The first-order chi connectivity index (χ1) is 9.20. The number of rotatable bonds is 6. The van der Waals surface area contributed by atoms with E-state index >= 15 is 0 Å². The molecule has 1 aromatic rings. The summed E-state index contributed by atoms with van der Waals surface area (Å²) in [6, 6.07) is 0. The van der Waals surface area contributed by atoms with Crippen molar-refractivity contribution in [1.82, 2.24) is 15.3 Å². The fourth-order valence-electron chi connectivity index (χ4n) is 2.40. The molecule has 0 radical (unpaired) electrons. The van der Waals surface area contributed by atoms with Gasteiger partial charge < -0.3 is 15.0 Å². The smallest absolute Gasteiger partial charge is 0.308 e. The Morgan fingerprint density at radius 2 is 2.32 bits per heavy atom. The van der Waals surface area contributed by atoms with Crippen molar-refractivity contribution in [1.29, 1.82) is 0 Å². The fraction of sp³-hybridized carbons (Fsp3) is 0.615. The second-order valence-corrected chi connectivity index (χ2v) is 4.89. The second kappa shape index (κ2) is 6.36. The van der Waals surface area contributed by atoms with Gasteiger partial charge in [-0.25, -0.2) is 4.98 Å². The number of carbonyl (C=O) groups excluding carboxylic acids is 2. The maximum absolute atomic E-state index is 11.5. The van der Waals surface area contributed by atoms with Gasteiger partial charge in [0.05, 0.1) is 13.0 Å².